The van der Waals surface area contributed by atoms with Crippen LogP contribution in [0, 0.1) is 0 Å². The molecule has 1 N–H and O–H groups in total. The molecule has 2 rings (SSSR count). The van der Waals surface area contributed by atoms with Crippen LogP contribution in [0.5, 0.6) is 0 Å². The second kappa shape index (κ2) is 2.98. The first kappa shape index (κ1) is 8.48. The first-order valence-corrected chi connectivity index (χ1v) is 4.72. The summed E-state index contributed by atoms with van der Waals surface area (Å²) in [4.78, 5) is 2.41. The van der Waals surface area contributed by atoms with E-state index >= 15 is 0 Å². The zero-order chi connectivity index (χ0) is 8.60. The van der Waals surface area contributed by atoms with Gasteiger partial charge < -0.3 is 9.84 Å². The predicted octanol–water partition coefficient (Wildman–Crippen LogP) is 0.232. The number of rotatable bonds is 1. The third-order valence-electron chi connectivity index (χ3n) is 3.13. The maximum Gasteiger partial charge on any atom is 0.0671 e. The van der Waals surface area contributed by atoms with Crippen LogP contribution in [0.1, 0.15) is 19.8 Å². The summed E-state index contributed by atoms with van der Waals surface area (Å²) in [6, 6.07) is 0.566. The molecule has 0 radical (unpaired) electrons. The number of hydrogen-bond donors (Lipinski definition) is 1. The van der Waals surface area contributed by atoms with Gasteiger partial charge in [0.2, 0.25) is 0 Å². The highest BCUT2D eigenvalue weighted by atomic mass is 16.5. The Morgan fingerprint density at radius 3 is 3.25 bits per heavy atom. The molecular weight excluding hydrogens is 154 g/mol. The molecule has 0 aromatic heterocycles. The minimum atomic E-state index is -0.112. The number of hydrogen-bond acceptors (Lipinski definition) is 3. The molecular formula is C9H17NO2. The van der Waals surface area contributed by atoms with Gasteiger partial charge in [-0.15, -0.1) is 0 Å². The molecule has 0 aromatic carbocycles. The number of nitrogens with zero attached hydrogens (tertiary/aromatic N) is 1. The highest BCUT2D eigenvalue weighted by Crippen LogP contribution is 2.30. The summed E-state index contributed by atoms with van der Waals surface area (Å²) in [6.45, 7) is 4.97. The average Bonchev–Trinajstić information content (AvgIpc) is 2.54. The van der Waals surface area contributed by atoms with E-state index in [-0.39, 0.29) is 12.1 Å². The van der Waals surface area contributed by atoms with Crippen molar-refractivity contribution in [2.24, 2.45) is 0 Å². The molecule has 3 heteroatoms. The summed E-state index contributed by atoms with van der Waals surface area (Å²) in [5.41, 5.74) is -0.112. The van der Waals surface area contributed by atoms with Crippen molar-refractivity contribution in [1.29, 1.82) is 0 Å². The van der Waals surface area contributed by atoms with Crippen LogP contribution in [-0.2, 0) is 4.74 Å². The quantitative estimate of drug-likeness (QED) is 0.613. The van der Waals surface area contributed by atoms with Crippen molar-refractivity contribution in [1.82, 2.24) is 4.90 Å². The first-order valence-electron chi connectivity index (χ1n) is 4.72. The molecule has 70 valence electrons. The maximum absolute atomic E-state index is 9.28. The lowest BCUT2D eigenvalue weighted by Gasteiger charge is -2.44. The predicted molar refractivity (Wildman–Crippen MR) is 46.0 cm³/mol. The molecule has 0 spiro atoms. The van der Waals surface area contributed by atoms with Crippen LogP contribution >= 0.6 is 0 Å². The Bertz CT molecular complexity index is 174. The van der Waals surface area contributed by atoms with Crippen molar-refractivity contribution in [3.05, 3.63) is 0 Å². The molecule has 2 saturated heterocycles. The number of morpholine rings is 1. The van der Waals surface area contributed by atoms with E-state index in [0.717, 1.165) is 13.2 Å². The highest BCUT2D eigenvalue weighted by molar-refractivity contribution is 4.96. The SMILES string of the molecule is CC1(CO)COCC2CCCN21. The normalized spacial score (nSPS) is 43.0. The zero-order valence-corrected chi connectivity index (χ0v) is 7.62. The van der Waals surface area contributed by atoms with E-state index in [9.17, 15) is 5.11 Å². The Labute approximate surface area is 73.3 Å². The lowest BCUT2D eigenvalue weighted by molar-refractivity contribution is -0.0990. The summed E-state index contributed by atoms with van der Waals surface area (Å²) < 4.78 is 5.49. The van der Waals surface area contributed by atoms with E-state index < -0.39 is 0 Å². The Hall–Kier alpha value is -0.120. The second-order valence-corrected chi connectivity index (χ2v) is 4.16. The van der Waals surface area contributed by atoms with Crippen LogP contribution in [0.2, 0.25) is 0 Å². The molecule has 2 aliphatic heterocycles. The minimum absolute atomic E-state index is 0.112. The van der Waals surface area contributed by atoms with Crippen molar-refractivity contribution >= 4 is 0 Å². The molecule has 2 atom stereocenters. The van der Waals surface area contributed by atoms with Crippen LogP contribution in [0.4, 0.5) is 0 Å². The number of ether oxygens (including phenoxy) is 1. The van der Waals surface area contributed by atoms with Crippen LogP contribution in [0.25, 0.3) is 0 Å². The van der Waals surface area contributed by atoms with Gasteiger partial charge in [0.15, 0.2) is 0 Å². The van der Waals surface area contributed by atoms with E-state index in [2.05, 4.69) is 11.8 Å². The average molecular weight is 171 g/mol. The fraction of sp³-hybridized carbons (Fsp3) is 1.00. The molecule has 0 aliphatic carbocycles. The highest BCUT2D eigenvalue weighted by Gasteiger charge is 2.42. The molecule has 0 aromatic rings. The number of fused-ring (bicyclic) bond motifs is 1. The van der Waals surface area contributed by atoms with Crippen molar-refractivity contribution in [3.8, 4) is 0 Å². The maximum atomic E-state index is 9.28. The van der Waals surface area contributed by atoms with Crippen molar-refractivity contribution < 1.29 is 9.84 Å². The smallest absolute Gasteiger partial charge is 0.0671 e. The van der Waals surface area contributed by atoms with Gasteiger partial charge in [-0.2, -0.15) is 0 Å². The topological polar surface area (TPSA) is 32.7 Å². The fourth-order valence-corrected chi connectivity index (χ4v) is 2.35. The molecule has 2 fully saturated rings. The van der Waals surface area contributed by atoms with Gasteiger partial charge in [-0.3, -0.25) is 4.90 Å². The van der Waals surface area contributed by atoms with Crippen LogP contribution < -0.4 is 0 Å². The van der Waals surface area contributed by atoms with E-state index in [0.29, 0.717) is 12.6 Å². The lowest BCUT2D eigenvalue weighted by atomic mass is 9.99. The van der Waals surface area contributed by atoms with Crippen molar-refractivity contribution in [2.75, 3.05) is 26.4 Å². The van der Waals surface area contributed by atoms with Gasteiger partial charge in [0.05, 0.1) is 25.4 Å². The summed E-state index contributed by atoms with van der Waals surface area (Å²) in [6.07, 6.45) is 2.49. The monoisotopic (exact) mass is 171 g/mol. The molecule has 0 saturated carbocycles. The van der Waals surface area contributed by atoms with Crippen molar-refractivity contribution in [3.63, 3.8) is 0 Å². The Balaban J connectivity index is 2.13. The molecule has 12 heavy (non-hydrogen) atoms. The van der Waals surface area contributed by atoms with Gasteiger partial charge in [-0.1, -0.05) is 0 Å². The van der Waals surface area contributed by atoms with Gasteiger partial charge in [0.1, 0.15) is 0 Å². The van der Waals surface area contributed by atoms with Crippen LogP contribution in [0.15, 0.2) is 0 Å². The van der Waals surface area contributed by atoms with E-state index in [4.69, 9.17) is 4.74 Å². The fourth-order valence-electron chi connectivity index (χ4n) is 2.35. The molecule has 2 aliphatic rings. The Morgan fingerprint density at radius 1 is 1.67 bits per heavy atom. The van der Waals surface area contributed by atoms with Gasteiger partial charge >= 0.3 is 0 Å². The number of aliphatic hydroxyl groups excluding tert-OH is 1. The van der Waals surface area contributed by atoms with Gasteiger partial charge in [-0.25, -0.2) is 0 Å². The third kappa shape index (κ3) is 1.16. The summed E-state index contributed by atoms with van der Waals surface area (Å²) in [5, 5.41) is 9.28. The van der Waals surface area contributed by atoms with E-state index in [1.807, 2.05) is 0 Å². The van der Waals surface area contributed by atoms with E-state index in [1.54, 1.807) is 0 Å². The standard InChI is InChI=1S/C9H17NO2/c1-9(6-11)7-12-5-8-3-2-4-10(8)9/h8,11H,2-7H2,1H3. The van der Waals surface area contributed by atoms with Crippen LogP contribution in [0.3, 0.4) is 0 Å². The molecule has 2 heterocycles. The minimum Gasteiger partial charge on any atom is -0.394 e. The summed E-state index contributed by atoms with van der Waals surface area (Å²) in [7, 11) is 0. The third-order valence-corrected chi connectivity index (χ3v) is 3.13. The Kier molecular flexibility index (Phi) is 2.10. The summed E-state index contributed by atoms with van der Waals surface area (Å²) >= 11 is 0. The second-order valence-electron chi connectivity index (χ2n) is 4.16. The first-order chi connectivity index (χ1) is 5.76. The van der Waals surface area contributed by atoms with Gasteiger partial charge in [-0.05, 0) is 26.3 Å². The zero-order valence-electron chi connectivity index (χ0n) is 7.62. The lowest BCUT2D eigenvalue weighted by Crippen LogP contribution is -2.59. The number of aliphatic hydroxyl groups is 1. The van der Waals surface area contributed by atoms with E-state index in [1.165, 1.54) is 12.8 Å². The van der Waals surface area contributed by atoms with Crippen molar-refractivity contribution in [2.45, 2.75) is 31.3 Å². The molecule has 2 unspecified atom stereocenters. The summed E-state index contributed by atoms with van der Waals surface area (Å²) in [5.74, 6) is 0. The van der Waals surface area contributed by atoms with Crippen LogP contribution in [-0.4, -0.2) is 48.0 Å². The molecule has 0 amide bonds. The van der Waals surface area contributed by atoms with Gasteiger partial charge in [0.25, 0.3) is 0 Å². The largest absolute Gasteiger partial charge is 0.394 e. The molecule has 0 bridgehead atoms. The Morgan fingerprint density at radius 2 is 2.50 bits per heavy atom. The van der Waals surface area contributed by atoms with Gasteiger partial charge in [0, 0.05) is 6.04 Å². The molecule has 3 nitrogen and oxygen atoms in total.